The van der Waals surface area contributed by atoms with Gasteiger partial charge in [-0.05, 0) is 12.0 Å². The second kappa shape index (κ2) is 5.55. The van der Waals surface area contributed by atoms with Gasteiger partial charge in [-0.2, -0.15) is 5.26 Å². The maximum atomic E-state index is 10.7. The van der Waals surface area contributed by atoms with Crippen LogP contribution in [0.5, 0.6) is 0 Å². The summed E-state index contributed by atoms with van der Waals surface area (Å²) < 4.78 is 0. The predicted octanol–water partition coefficient (Wildman–Crippen LogP) is 2.89. The molecule has 0 atom stereocenters. The van der Waals surface area contributed by atoms with E-state index in [1.54, 1.807) is 0 Å². The Morgan fingerprint density at radius 1 is 1.37 bits per heavy atom. The highest BCUT2D eigenvalue weighted by Crippen LogP contribution is 2.38. The normalized spacial score (nSPS) is 10.1. The highest BCUT2D eigenvalue weighted by atomic mass is 32.1. The minimum Gasteiger partial charge on any atom is -0.481 e. The van der Waals surface area contributed by atoms with Crippen molar-refractivity contribution in [2.75, 3.05) is 5.73 Å². The van der Waals surface area contributed by atoms with E-state index in [1.807, 2.05) is 30.3 Å². The average Bonchev–Trinajstić information content (AvgIpc) is 2.73. The summed E-state index contributed by atoms with van der Waals surface area (Å²) in [5, 5.41) is 18.4. The fourth-order valence-corrected chi connectivity index (χ4v) is 2.96. The van der Waals surface area contributed by atoms with Crippen LogP contribution in [0.1, 0.15) is 16.9 Å². The smallest absolute Gasteiger partial charge is 0.303 e. The van der Waals surface area contributed by atoms with E-state index in [0.29, 0.717) is 17.0 Å². The molecule has 0 aliphatic heterocycles. The number of nitriles is 1. The number of hydrogen-bond donors (Lipinski definition) is 2. The van der Waals surface area contributed by atoms with Gasteiger partial charge in [0.25, 0.3) is 0 Å². The van der Waals surface area contributed by atoms with Crippen LogP contribution in [0.15, 0.2) is 30.3 Å². The number of benzene rings is 1. The average molecular weight is 272 g/mol. The zero-order valence-corrected chi connectivity index (χ0v) is 10.9. The molecule has 1 heterocycles. The monoisotopic (exact) mass is 272 g/mol. The van der Waals surface area contributed by atoms with E-state index in [2.05, 4.69) is 6.07 Å². The Balaban J connectivity index is 2.50. The van der Waals surface area contributed by atoms with Gasteiger partial charge in [0.1, 0.15) is 11.1 Å². The number of nitrogen functional groups attached to an aromatic ring is 1. The molecule has 0 saturated heterocycles. The summed E-state index contributed by atoms with van der Waals surface area (Å²) >= 11 is 1.29. The summed E-state index contributed by atoms with van der Waals surface area (Å²) in [4.78, 5) is 11.5. The van der Waals surface area contributed by atoms with Crippen molar-refractivity contribution in [3.05, 3.63) is 40.8 Å². The van der Waals surface area contributed by atoms with Gasteiger partial charge >= 0.3 is 5.97 Å². The van der Waals surface area contributed by atoms with Crippen LogP contribution in [0.2, 0.25) is 0 Å². The Bertz CT molecular complexity index is 641. The standard InChI is InChI=1S/C14H12N2O2S/c15-8-10-13(9-4-2-1-3-5-9)11(19-14(10)16)6-7-12(17)18/h1-5H,6-7,16H2,(H,17,18). The van der Waals surface area contributed by atoms with Crippen LogP contribution in [-0.2, 0) is 11.2 Å². The molecule has 0 saturated carbocycles. The summed E-state index contributed by atoms with van der Waals surface area (Å²) in [6.07, 6.45) is 0.417. The number of carboxylic acids is 1. The van der Waals surface area contributed by atoms with Gasteiger partial charge in [-0.3, -0.25) is 4.79 Å². The zero-order valence-electron chi connectivity index (χ0n) is 10.1. The first-order valence-corrected chi connectivity index (χ1v) is 6.53. The van der Waals surface area contributed by atoms with E-state index in [-0.39, 0.29) is 6.42 Å². The summed E-state index contributed by atoms with van der Waals surface area (Å²) in [5.74, 6) is -0.857. The van der Waals surface area contributed by atoms with Crippen LogP contribution in [0.25, 0.3) is 11.1 Å². The lowest BCUT2D eigenvalue weighted by Gasteiger charge is -2.03. The molecule has 0 aliphatic carbocycles. The molecule has 4 nitrogen and oxygen atoms in total. The molecule has 1 aromatic carbocycles. The molecule has 0 radical (unpaired) electrons. The van der Waals surface area contributed by atoms with Crippen LogP contribution < -0.4 is 5.73 Å². The first-order chi connectivity index (χ1) is 9.13. The van der Waals surface area contributed by atoms with Crippen molar-refractivity contribution in [1.29, 1.82) is 5.26 Å². The highest BCUT2D eigenvalue weighted by Gasteiger charge is 2.18. The molecular formula is C14H12N2O2S. The van der Waals surface area contributed by atoms with Crippen molar-refractivity contribution >= 4 is 22.3 Å². The van der Waals surface area contributed by atoms with Crippen LogP contribution in [-0.4, -0.2) is 11.1 Å². The summed E-state index contributed by atoms with van der Waals surface area (Å²) in [6.45, 7) is 0. The van der Waals surface area contributed by atoms with Crippen molar-refractivity contribution in [2.24, 2.45) is 0 Å². The fourth-order valence-electron chi connectivity index (χ4n) is 1.92. The Morgan fingerprint density at radius 3 is 2.63 bits per heavy atom. The summed E-state index contributed by atoms with van der Waals surface area (Å²) in [7, 11) is 0. The minimum absolute atomic E-state index is 0.0324. The number of aliphatic carboxylic acids is 1. The molecule has 0 unspecified atom stereocenters. The van der Waals surface area contributed by atoms with E-state index in [9.17, 15) is 10.1 Å². The van der Waals surface area contributed by atoms with Gasteiger partial charge < -0.3 is 10.8 Å². The van der Waals surface area contributed by atoms with E-state index in [0.717, 1.165) is 16.0 Å². The zero-order chi connectivity index (χ0) is 13.8. The van der Waals surface area contributed by atoms with Crippen LogP contribution in [0.4, 0.5) is 5.00 Å². The Morgan fingerprint density at radius 2 is 2.05 bits per heavy atom. The van der Waals surface area contributed by atoms with E-state index in [1.165, 1.54) is 11.3 Å². The van der Waals surface area contributed by atoms with Gasteiger partial charge in [-0.15, -0.1) is 11.3 Å². The van der Waals surface area contributed by atoms with Crippen molar-refractivity contribution in [1.82, 2.24) is 0 Å². The molecule has 2 rings (SSSR count). The molecular weight excluding hydrogens is 260 g/mol. The van der Waals surface area contributed by atoms with Crippen LogP contribution in [0, 0.1) is 11.3 Å². The molecule has 2 aromatic rings. The molecule has 96 valence electrons. The van der Waals surface area contributed by atoms with Gasteiger partial charge in [-0.25, -0.2) is 0 Å². The second-order valence-electron chi connectivity index (χ2n) is 4.01. The third-order valence-corrected chi connectivity index (χ3v) is 3.83. The second-order valence-corrected chi connectivity index (χ2v) is 5.15. The maximum Gasteiger partial charge on any atom is 0.303 e. The van der Waals surface area contributed by atoms with Crippen molar-refractivity contribution in [3.63, 3.8) is 0 Å². The molecule has 0 amide bonds. The van der Waals surface area contributed by atoms with Crippen molar-refractivity contribution in [3.8, 4) is 17.2 Å². The van der Waals surface area contributed by atoms with E-state index in [4.69, 9.17) is 10.8 Å². The van der Waals surface area contributed by atoms with Gasteiger partial charge in [0, 0.05) is 10.4 Å². The molecule has 0 fully saturated rings. The van der Waals surface area contributed by atoms with Crippen LogP contribution >= 0.6 is 11.3 Å². The lowest BCUT2D eigenvalue weighted by molar-refractivity contribution is -0.136. The predicted molar refractivity (Wildman–Crippen MR) is 74.8 cm³/mol. The third kappa shape index (κ3) is 2.75. The molecule has 1 aromatic heterocycles. The first kappa shape index (κ1) is 13.1. The van der Waals surface area contributed by atoms with E-state index >= 15 is 0 Å². The number of carboxylic acid groups (broad SMARTS) is 1. The molecule has 3 N–H and O–H groups in total. The SMILES string of the molecule is N#Cc1c(N)sc(CCC(=O)O)c1-c1ccccc1. The van der Waals surface area contributed by atoms with Crippen LogP contribution in [0.3, 0.4) is 0 Å². The summed E-state index contributed by atoms with van der Waals surface area (Å²) in [5.41, 5.74) is 7.95. The Hall–Kier alpha value is -2.32. The highest BCUT2D eigenvalue weighted by molar-refractivity contribution is 7.16. The number of aryl methyl sites for hydroxylation is 1. The van der Waals surface area contributed by atoms with Gasteiger partial charge in [0.15, 0.2) is 0 Å². The molecule has 19 heavy (non-hydrogen) atoms. The topological polar surface area (TPSA) is 87.1 Å². The number of thiophene rings is 1. The minimum atomic E-state index is -0.857. The number of nitrogens with two attached hydrogens (primary N) is 1. The Kier molecular flexibility index (Phi) is 3.83. The molecule has 0 aliphatic rings. The molecule has 0 spiro atoms. The number of nitrogens with zero attached hydrogens (tertiary/aromatic N) is 1. The lowest BCUT2D eigenvalue weighted by Crippen LogP contribution is -1.97. The fraction of sp³-hybridized carbons (Fsp3) is 0.143. The first-order valence-electron chi connectivity index (χ1n) is 5.72. The number of carbonyl (C=O) groups is 1. The number of rotatable bonds is 4. The van der Waals surface area contributed by atoms with E-state index < -0.39 is 5.97 Å². The molecule has 0 bridgehead atoms. The Labute approximate surface area is 114 Å². The van der Waals surface area contributed by atoms with Gasteiger partial charge in [-0.1, -0.05) is 30.3 Å². The largest absolute Gasteiger partial charge is 0.481 e. The van der Waals surface area contributed by atoms with Crippen molar-refractivity contribution < 1.29 is 9.90 Å². The number of hydrogen-bond acceptors (Lipinski definition) is 4. The third-order valence-electron chi connectivity index (χ3n) is 2.75. The number of anilines is 1. The molecule has 5 heteroatoms. The van der Waals surface area contributed by atoms with Gasteiger partial charge in [0.05, 0.1) is 12.0 Å². The van der Waals surface area contributed by atoms with Gasteiger partial charge in [0.2, 0.25) is 0 Å². The maximum absolute atomic E-state index is 10.7. The van der Waals surface area contributed by atoms with Crippen molar-refractivity contribution in [2.45, 2.75) is 12.8 Å². The lowest BCUT2D eigenvalue weighted by atomic mass is 10.00. The quantitative estimate of drug-likeness (QED) is 0.895. The summed E-state index contributed by atoms with van der Waals surface area (Å²) in [6, 6.07) is 11.6.